The van der Waals surface area contributed by atoms with Crippen LogP contribution in [0, 0.1) is 18.6 Å². The molecule has 42 heavy (non-hydrogen) atoms. The summed E-state index contributed by atoms with van der Waals surface area (Å²) in [5.74, 6) is -1.02. The third-order valence-electron chi connectivity index (χ3n) is 6.75. The Balaban J connectivity index is 1.22. The van der Waals surface area contributed by atoms with Gasteiger partial charge in [0.1, 0.15) is 11.6 Å². The molecule has 11 nitrogen and oxygen atoms in total. The number of halogens is 2. The van der Waals surface area contributed by atoms with E-state index in [4.69, 9.17) is 0 Å². The molecular weight excluding hydrogens is 566 g/mol. The largest absolute Gasteiger partial charge is 0.364 e. The second kappa shape index (κ2) is 10.7. The van der Waals surface area contributed by atoms with Gasteiger partial charge in [0.2, 0.25) is 0 Å². The minimum atomic E-state index is -4.01. The summed E-state index contributed by atoms with van der Waals surface area (Å²) >= 11 is 0. The van der Waals surface area contributed by atoms with Gasteiger partial charge in [-0.15, -0.1) is 0 Å². The molecule has 5 aromatic rings. The average molecular weight is 591 g/mol. The van der Waals surface area contributed by atoms with Crippen molar-refractivity contribution in [1.29, 1.82) is 0 Å². The minimum absolute atomic E-state index is 0.0274. The zero-order chi connectivity index (χ0) is 29.4. The molecule has 1 unspecified atom stereocenters. The van der Waals surface area contributed by atoms with Crippen molar-refractivity contribution in [3.63, 3.8) is 0 Å². The number of hydrogen-bond donors (Lipinski definition) is 4. The van der Waals surface area contributed by atoms with Crippen LogP contribution in [-0.2, 0) is 16.4 Å². The van der Waals surface area contributed by atoms with E-state index in [-0.39, 0.29) is 23.2 Å². The van der Waals surface area contributed by atoms with Crippen LogP contribution in [0.4, 0.5) is 36.5 Å². The molecule has 3 heterocycles. The zero-order valence-electron chi connectivity index (χ0n) is 22.1. The molecule has 1 aliphatic heterocycles. The Morgan fingerprint density at radius 3 is 2.50 bits per heavy atom. The number of amides is 2. The predicted molar refractivity (Wildman–Crippen MR) is 154 cm³/mol. The molecule has 0 saturated heterocycles. The minimum Gasteiger partial charge on any atom is -0.364 e. The van der Waals surface area contributed by atoms with Gasteiger partial charge in [-0.2, -0.15) is 5.10 Å². The molecule has 2 aromatic heterocycles. The molecule has 0 aliphatic carbocycles. The number of nitrogens with one attached hydrogen (secondary N) is 4. The quantitative estimate of drug-likeness (QED) is 0.222. The average Bonchev–Trinajstić information content (AvgIpc) is 3.43. The summed E-state index contributed by atoms with van der Waals surface area (Å²) in [7, 11) is -4.01. The predicted octanol–water partition coefficient (Wildman–Crippen LogP) is 4.82. The number of H-pyrrole nitrogens is 1. The highest BCUT2D eigenvalue weighted by Gasteiger charge is 2.33. The van der Waals surface area contributed by atoms with Crippen LogP contribution in [0.15, 0.2) is 77.8 Å². The second-order valence-corrected chi connectivity index (χ2v) is 11.6. The van der Waals surface area contributed by atoms with E-state index in [0.717, 1.165) is 17.7 Å². The summed E-state index contributed by atoms with van der Waals surface area (Å²) in [6, 6.07) is 15.0. The third kappa shape index (κ3) is 5.31. The summed E-state index contributed by atoms with van der Waals surface area (Å²) < 4.78 is 55.7. The number of aryl methyl sites for hydroxylation is 1. The van der Waals surface area contributed by atoms with Crippen LogP contribution < -0.4 is 20.3 Å². The first-order valence-corrected chi connectivity index (χ1v) is 14.3. The third-order valence-corrected chi connectivity index (χ3v) is 8.55. The van der Waals surface area contributed by atoms with Gasteiger partial charge in [0.25, 0.3) is 10.0 Å². The Morgan fingerprint density at radius 2 is 1.71 bits per heavy atom. The lowest BCUT2D eigenvalue weighted by Gasteiger charge is -2.36. The second-order valence-electron chi connectivity index (χ2n) is 9.69. The smallest absolute Gasteiger partial charge is 0.323 e. The first-order valence-electron chi connectivity index (χ1n) is 12.9. The molecule has 0 bridgehead atoms. The SMILES string of the molecule is Cc1nc(NC2Cc3ccccc3N(S(=O)(=O)c3ccc(NC(=O)Nc4ccc(F)c(F)c4)cc3)C2)c2cn[nH]c2n1. The zero-order valence-corrected chi connectivity index (χ0v) is 22.9. The summed E-state index contributed by atoms with van der Waals surface area (Å²) in [6.07, 6.45) is 2.19. The number of aromatic nitrogens is 4. The summed E-state index contributed by atoms with van der Waals surface area (Å²) in [5.41, 5.74) is 2.37. The molecule has 0 radical (unpaired) electrons. The van der Waals surface area contributed by atoms with E-state index in [9.17, 15) is 22.0 Å². The lowest BCUT2D eigenvalue weighted by Crippen LogP contribution is -2.45. The van der Waals surface area contributed by atoms with E-state index in [1.165, 1.54) is 34.6 Å². The van der Waals surface area contributed by atoms with Crippen LogP contribution in [0.5, 0.6) is 0 Å². The molecule has 0 saturated carbocycles. The molecule has 1 atom stereocenters. The summed E-state index contributed by atoms with van der Waals surface area (Å²) in [6.45, 7) is 1.90. The Morgan fingerprint density at radius 1 is 0.976 bits per heavy atom. The van der Waals surface area contributed by atoms with Gasteiger partial charge in [0.15, 0.2) is 17.3 Å². The van der Waals surface area contributed by atoms with Crippen molar-refractivity contribution in [3.05, 3.63) is 95.9 Å². The maximum atomic E-state index is 13.9. The standard InChI is InChI=1S/C28H24F2N8O3S/c1-16-32-26(22-14-31-37-27(22)33-16)34-20-12-17-4-2-3-5-25(17)38(15-20)42(40,41)21-9-6-18(7-10-21)35-28(39)36-19-8-11-23(29)24(30)13-19/h2-11,13-14,20H,12,15H2,1H3,(H2,35,36,39)(H2,31,32,33,34,37). The first kappa shape index (κ1) is 27.1. The molecule has 14 heteroatoms. The highest BCUT2D eigenvalue weighted by Crippen LogP contribution is 2.33. The van der Waals surface area contributed by atoms with Crippen molar-refractivity contribution in [3.8, 4) is 0 Å². The first-order chi connectivity index (χ1) is 20.2. The number of fused-ring (bicyclic) bond motifs is 2. The summed E-state index contributed by atoms with van der Waals surface area (Å²) in [4.78, 5) is 21.2. The Bertz CT molecular complexity index is 1910. The van der Waals surface area contributed by atoms with Gasteiger partial charge in [0.05, 0.1) is 34.8 Å². The topological polar surface area (TPSA) is 145 Å². The number of anilines is 4. The number of benzene rings is 3. The van der Waals surface area contributed by atoms with Crippen LogP contribution >= 0.6 is 0 Å². The number of urea groups is 1. The van der Waals surface area contributed by atoms with Crippen molar-refractivity contribution in [2.24, 2.45) is 0 Å². The number of sulfonamides is 1. The fourth-order valence-electron chi connectivity index (χ4n) is 4.83. The normalized spacial score (nSPS) is 14.8. The van der Waals surface area contributed by atoms with Gasteiger partial charge in [-0.25, -0.2) is 32.0 Å². The van der Waals surface area contributed by atoms with Crippen LogP contribution in [-0.4, -0.2) is 47.2 Å². The van der Waals surface area contributed by atoms with Crippen LogP contribution in [0.1, 0.15) is 11.4 Å². The summed E-state index contributed by atoms with van der Waals surface area (Å²) in [5, 5.41) is 15.9. The molecule has 0 fully saturated rings. The number of carbonyl (C=O) groups excluding carboxylic acids is 1. The van der Waals surface area contributed by atoms with Crippen molar-refractivity contribution >= 4 is 50.0 Å². The Labute approximate surface area is 239 Å². The highest BCUT2D eigenvalue weighted by atomic mass is 32.2. The fourth-order valence-corrected chi connectivity index (χ4v) is 6.38. The van der Waals surface area contributed by atoms with Gasteiger partial charge < -0.3 is 16.0 Å². The van der Waals surface area contributed by atoms with Gasteiger partial charge in [-0.3, -0.25) is 9.40 Å². The van der Waals surface area contributed by atoms with E-state index >= 15 is 0 Å². The van der Waals surface area contributed by atoms with Gasteiger partial charge >= 0.3 is 6.03 Å². The number of carbonyl (C=O) groups is 1. The van der Waals surface area contributed by atoms with Crippen LogP contribution in [0.25, 0.3) is 11.0 Å². The van der Waals surface area contributed by atoms with E-state index in [2.05, 4.69) is 36.1 Å². The van der Waals surface area contributed by atoms with Crippen molar-refractivity contribution in [1.82, 2.24) is 20.2 Å². The molecular formula is C28H24F2N8O3S. The van der Waals surface area contributed by atoms with E-state index in [1.807, 2.05) is 12.1 Å². The van der Waals surface area contributed by atoms with Crippen molar-refractivity contribution in [2.75, 3.05) is 26.8 Å². The molecule has 0 spiro atoms. The Hall–Kier alpha value is -5.11. The molecule has 3 aromatic carbocycles. The lowest BCUT2D eigenvalue weighted by atomic mass is 9.99. The number of aromatic amines is 1. The molecule has 2 amide bonds. The number of nitrogens with zero attached hydrogens (tertiary/aromatic N) is 4. The highest BCUT2D eigenvalue weighted by molar-refractivity contribution is 7.92. The monoisotopic (exact) mass is 590 g/mol. The molecule has 1 aliphatic rings. The van der Waals surface area contributed by atoms with Crippen LogP contribution in [0.2, 0.25) is 0 Å². The van der Waals surface area contributed by atoms with Gasteiger partial charge in [-0.05, 0) is 61.4 Å². The fraction of sp³-hybridized carbons (Fsp3) is 0.143. The molecule has 4 N–H and O–H groups in total. The maximum Gasteiger partial charge on any atom is 0.323 e. The van der Waals surface area contributed by atoms with Crippen molar-refractivity contribution in [2.45, 2.75) is 24.3 Å². The lowest BCUT2D eigenvalue weighted by molar-refractivity contribution is 0.262. The number of para-hydroxylation sites is 1. The van der Waals surface area contributed by atoms with Gasteiger partial charge in [0, 0.05) is 17.4 Å². The maximum absolute atomic E-state index is 13.9. The van der Waals surface area contributed by atoms with E-state index < -0.39 is 27.7 Å². The van der Waals surface area contributed by atoms with Gasteiger partial charge in [-0.1, -0.05) is 18.2 Å². The molecule has 214 valence electrons. The van der Waals surface area contributed by atoms with Crippen molar-refractivity contribution < 1.29 is 22.0 Å². The van der Waals surface area contributed by atoms with E-state index in [1.54, 1.807) is 25.3 Å². The Kier molecular flexibility index (Phi) is 6.90. The van der Waals surface area contributed by atoms with E-state index in [0.29, 0.717) is 40.5 Å². The van der Waals surface area contributed by atoms with Crippen LogP contribution in [0.3, 0.4) is 0 Å². The number of rotatable bonds is 6. The molecule has 6 rings (SSSR count). The number of hydrogen-bond acceptors (Lipinski definition) is 7.